The lowest BCUT2D eigenvalue weighted by atomic mass is 9.73. The quantitative estimate of drug-likeness (QED) is 0.735. The van der Waals surface area contributed by atoms with Gasteiger partial charge in [-0.05, 0) is 62.1 Å². The van der Waals surface area contributed by atoms with Crippen LogP contribution < -0.4 is 0 Å². The first kappa shape index (κ1) is 13.9. The van der Waals surface area contributed by atoms with Crippen molar-refractivity contribution in [1.29, 1.82) is 0 Å². The number of hydrogen-bond donors (Lipinski definition) is 1. The number of aromatic hydroxyl groups is 1. The minimum Gasteiger partial charge on any atom is -0.508 e. The van der Waals surface area contributed by atoms with E-state index in [-0.39, 0.29) is 5.41 Å². The van der Waals surface area contributed by atoms with Gasteiger partial charge in [-0.3, -0.25) is 0 Å². The predicted octanol–water partition coefficient (Wildman–Crippen LogP) is 5.19. The fourth-order valence-electron chi connectivity index (χ4n) is 3.01. The molecule has 0 saturated heterocycles. The molecule has 0 spiro atoms. The van der Waals surface area contributed by atoms with E-state index in [4.69, 9.17) is 0 Å². The van der Waals surface area contributed by atoms with E-state index in [0.29, 0.717) is 11.7 Å². The van der Waals surface area contributed by atoms with Gasteiger partial charge in [0.1, 0.15) is 5.75 Å². The van der Waals surface area contributed by atoms with E-state index in [0.717, 1.165) is 12.8 Å². The highest BCUT2D eigenvalue weighted by atomic mass is 16.3. The Morgan fingerprint density at radius 3 is 2.63 bits per heavy atom. The van der Waals surface area contributed by atoms with Crippen LogP contribution in [0, 0.1) is 5.41 Å². The Hall–Kier alpha value is -1.50. The SMILES string of the molecule is CC(C)=CCCC1(C)C=CCC1c1ccc(O)cc1. The second kappa shape index (κ2) is 5.64. The van der Waals surface area contributed by atoms with Crippen LogP contribution in [0.1, 0.15) is 51.5 Å². The fourth-order valence-corrected chi connectivity index (χ4v) is 3.01. The lowest BCUT2D eigenvalue weighted by molar-refractivity contribution is 0.334. The molecule has 0 saturated carbocycles. The maximum Gasteiger partial charge on any atom is 0.115 e. The molecular formula is C18H24O. The molecule has 1 aromatic carbocycles. The largest absolute Gasteiger partial charge is 0.508 e. The van der Waals surface area contributed by atoms with Crippen LogP contribution in [0.5, 0.6) is 5.75 Å². The van der Waals surface area contributed by atoms with Crippen LogP contribution in [0.15, 0.2) is 48.1 Å². The van der Waals surface area contributed by atoms with Gasteiger partial charge < -0.3 is 5.11 Å². The molecule has 2 unspecified atom stereocenters. The Balaban J connectivity index is 2.12. The van der Waals surface area contributed by atoms with Gasteiger partial charge in [0.25, 0.3) is 0 Å². The van der Waals surface area contributed by atoms with E-state index in [9.17, 15) is 5.11 Å². The maximum absolute atomic E-state index is 9.41. The van der Waals surface area contributed by atoms with Crippen molar-refractivity contribution in [2.24, 2.45) is 5.41 Å². The van der Waals surface area contributed by atoms with E-state index < -0.39 is 0 Å². The third kappa shape index (κ3) is 3.28. The summed E-state index contributed by atoms with van der Waals surface area (Å²) in [7, 11) is 0. The Kier molecular flexibility index (Phi) is 4.14. The molecular weight excluding hydrogens is 232 g/mol. The molecule has 1 N–H and O–H groups in total. The highest BCUT2D eigenvalue weighted by Crippen LogP contribution is 2.48. The number of allylic oxidation sites excluding steroid dienone is 4. The molecule has 2 atom stereocenters. The number of benzene rings is 1. The van der Waals surface area contributed by atoms with Gasteiger partial charge in [-0.15, -0.1) is 0 Å². The number of phenolic OH excluding ortho intramolecular Hbond substituents is 1. The topological polar surface area (TPSA) is 20.2 Å². The van der Waals surface area contributed by atoms with Gasteiger partial charge in [0.05, 0.1) is 0 Å². The standard InChI is InChI=1S/C18H24O/c1-14(2)6-4-12-18(3)13-5-7-17(18)15-8-10-16(19)11-9-15/h5-6,8-11,13,17,19H,4,7,12H2,1-3H3. The summed E-state index contributed by atoms with van der Waals surface area (Å²) in [5, 5.41) is 9.41. The second-order valence-electron chi connectivity index (χ2n) is 6.11. The maximum atomic E-state index is 9.41. The van der Waals surface area contributed by atoms with Crippen molar-refractivity contribution in [1.82, 2.24) is 0 Å². The third-order valence-electron chi connectivity index (χ3n) is 4.20. The highest BCUT2D eigenvalue weighted by molar-refractivity contribution is 5.33. The molecule has 102 valence electrons. The van der Waals surface area contributed by atoms with E-state index >= 15 is 0 Å². The van der Waals surface area contributed by atoms with Crippen LogP contribution in [0.4, 0.5) is 0 Å². The van der Waals surface area contributed by atoms with Gasteiger partial charge in [-0.2, -0.15) is 0 Å². The third-order valence-corrected chi connectivity index (χ3v) is 4.20. The predicted molar refractivity (Wildman–Crippen MR) is 81.4 cm³/mol. The first-order valence-corrected chi connectivity index (χ1v) is 7.11. The molecule has 1 aromatic rings. The molecule has 0 aromatic heterocycles. The summed E-state index contributed by atoms with van der Waals surface area (Å²) in [4.78, 5) is 0. The Bertz CT molecular complexity index is 477. The van der Waals surface area contributed by atoms with Gasteiger partial charge in [0.2, 0.25) is 0 Å². The lowest BCUT2D eigenvalue weighted by Gasteiger charge is -2.31. The summed E-state index contributed by atoms with van der Waals surface area (Å²) >= 11 is 0. The van der Waals surface area contributed by atoms with E-state index in [2.05, 4.69) is 51.1 Å². The van der Waals surface area contributed by atoms with Crippen LogP contribution in [-0.2, 0) is 0 Å². The molecule has 0 heterocycles. The summed E-state index contributed by atoms with van der Waals surface area (Å²) < 4.78 is 0. The molecule has 0 radical (unpaired) electrons. The minimum absolute atomic E-state index is 0.239. The zero-order valence-electron chi connectivity index (χ0n) is 12.2. The van der Waals surface area contributed by atoms with Crippen molar-refractivity contribution in [3.8, 4) is 5.75 Å². The molecule has 0 amide bonds. The number of hydrogen-bond acceptors (Lipinski definition) is 1. The monoisotopic (exact) mass is 256 g/mol. The van der Waals surface area contributed by atoms with Crippen molar-refractivity contribution < 1.29 is 5.11 Å². The van der Waals surface area contributed by atoms with Gasteiger partial charge >= 0.3 is 0 Å². The number of phenols is 1. The van der Waals surface area contributed by atoms with Crippen LogP contribution in [0.25, 0.3) is 0 Å². The molecule has 2 rings (SSSR count). The molecule has 1 aliphatic carbocycles. The van der Waals surface area contributed by atoms with E-state index in [1.807, 2.05) is 0 Å². The smallest absolute Gasteiger partial charge is 0.115 e. The highest BCUT2D eigenvalue weighted by Gasteiger charge is 2.34. The summed E-state index contributed by atoms with van der Waals surface area (Å²) in [6.07, 6.45) is 10.4. The normalized spacial score (nSPS) is 25.5. The van der Waals surface area contributed by atoms with E-state index in [1.54, 1.807) is 12.1 Å². The summed E-state index contributed by atoms with van der Waals surface area (Å²) in [6, 6.07) is 7.71. The Labute approximate surface area is 116 Å². The molecule has 1 nitrogen and oxygen atoms in total. The molecule has 19 heavy (non-hydrogen) atoms. The van der Waals surface area contributed by atoms with Crippen molar-refractivity contribution in [2.75, 3.05) is 0 Å². The zero-order chi connectivity index (χ0) is 13.9. The van der Waals surface area contributed by atoms with Crippen molar-refractivity contribution in [3.63, 3.8) is 0 Å². The van der Waals surface area contributed by atoms with Crippen LogP contribution in [0.3, 0.4) is 0 Å². The van der Waals surface area contributed by atoms with Crippen LogP contribution in [-0.4, -0.2) is 5.11 Å². The zero-order valence-corrected chi connectivity index (χ0v) is 12.2. The average molecular weight is 256 g/mol. The van der Waals surface area contributed by atoms with Crippen molar-refractivity contribution in [2.45, 2.75) is 46.0 Å². The summed E-state index contributed by atoms with van der Waals surface area (Å²) in [5.74, 6) is 0.889. The molecule has 0 fully saturated rings. The lowest BCUT2D eigenvalue weighted by Crippen LogP contribution is -2.19. The summed E-state index contributed by atoms with van der Waals surface area (Å²) in [6.45, 7) is 6.67. The molecule has 1 heteroatoms. The van der Waals surface area contributed by atoms with Gasteiger partial charge in [-0.1, -0.05) is 42.9 Å². The van der Waals surface area contributed by atoms with Crippen LogP contribution >= 0.6 is 0 Å². The van der Waals surface area contributed by atoms with Gasteiger partial charge in [0.15, 0.2) is 0 Å². The first-order valence-electron chi connectivity index (χ1n) is 7.11. The Morgan fingerprint density at radius 1 is 1.32 bits per heavy atom. The van der Waals surface area contributed by atoms with Crippen molar-refractivity contribution >= 4 is 0 Å². The number of rotatable bonds is 4. The van der Waals surface area contributed by atoms with Gasteiger partial charge in [0, 0.05) is 0 Å². The Morgan fingerprint density at radius 2 is 2.00 bits per heavy atom. The van der Waals surface area contributed by atoms with Gasteiger partial charge in [-0.25, -0.2) is 0 Å². The second-order valence-corrected chi connectivity index (χ2v) is 6.11. The average Bonchev–Trinajstić information content (AvgIpc) is 2.72. The molecule has 1 aliphatic rings. The minimum atomic E-state index is 0.239. The van der Waals surface area contributed by atoms with Crippen LogP contribution in [0.2, 0.25) is 0 Å². The van der Waals surface area contributed by atoms with Crippen molar-refractivity contribution in [3.05, 3.63) is 53.6 Å². The van der Waals surface area contributed by atoms with E-state index in [1.165, 1.54) is 17.6 Å². The molecule has 0 bridgehead atoms. The molecule has 0 aliphatic heterocycles. The fraction of sp³-hybridized carbons (Fsp3) is 0.444. The summed E-state index contributed by atoms with van der Waals surface area (Å²) in [5.41, 5.74) is 2.97. The first-order chi connectivity index (χ1) is 9.01.